The number of hydrogen-bond acceptors (Lipinski definition) is 6. The van der Waals surface area contributed by atoms with Crippen LogP contribution in [0.4, 0.5) is 11.4 Å². The fourth-order valence-electron chi connectivity index (χ4n) is 3.00. The second kappa shape index (κ2) is 7.92. The first kappa shape index (κ1) is 20.3. The number of ether oxygens (including phenoxy) is 2. The van der Waals surface area contributed by atoms with E-state index in [1.54, 1.807) is 53.1 Å². The topological polar surface area (TPSA) is 84.9 Å². The predicted octanol–water partition coefficient (Wildman–Crippen LogP) is 3.35. The number of carbonyl (C=O) groups excluding carboxylic acids is 1. The van der Waals surface area contributed by atoms with Crippen LogP contribution in [0.15, 0.2) is 46.2 Å². The van der Waals surface area contributed by atoms with Crippen molar-refractivity contribution in [3.63, 3.8) is 0 Å². The molecule has 9 heteroatoms. The van der Waals surface area contributed by atoms with Crippen LogP contribution in [0, 0.1) is 0 Å². The molecule has 3 rings (SSSR count). The summed E-state index contributed by atoms with van der Waals surface area (Å²) in [5.41, 5.74) is 0.965. The Hall–Kier alpha value is -2.39. The number of hydrogen-bond donors (Lipinski definition) is 1. The number of fused-ring (bicyclic) bond motifs is 1. The SMILES string of the molecule is COc1ccc(NS(=O)(=O)c2ccc3c(c2)N(C(C)=O)C[C@H](C)S3)cc1OC. The Balaban J connectivity index is 1.95. The maximum atomic E-state index is 12.9. The number of nitrogens with one attached hydrogen (secondary N) is 1. The van der Waals surface area contributed by atoms with Gasteiger partial charge in [-0.05, 0) is 30.3 Å². The summed E-state index contributed by atoms with van der Waals surface area (Å²) in [5, 5.41) is 0.240. The lowest BCUT2D eigenvalue weighted by Crippen LogP contribution is -2.37. The third-order valence-corrected chi connectivity index (χ3v) is 6.84. The van der Waals surface area contributed by atoms with Gasteiger partial charge in [0.2, 0.25) is 5.91 Å². The molecule has 1 amide bonds. The van der Waals surface area contributed by atoms with E-state index in [2.05, 4.69) is 4.72 Å². The fourth-order valence-corrected chi connectivity index (χ4v) is 5.16. The second-order valence-corrected chi connectivity index (χ2v) is 9.53. The number of amides is 1. The van der Waals surface area contributed by atoms with Crippen LogP contribution in [0.1, 0.15) is 13.8 Å². The number of carbonyl (C=O) groups is 1. The highest BCUT2D eigenvalue weighted by molar-refractivity contribution is 8.00. The summed E-state index contributed by atoms with van der Waals surface area (Å²) in [7, 11) is -0.858. The maximum absolute atomic E-state index is 12.9. The first-order chi connectivity index (χ1) is 13.2. The van der Waals surface area contributed by atoms with Gasteiger partial charge in [0.15, 0.2) is 11.5 Å². The van der Waals surface area contributed by atoms with Gasteiger partial charge in [0.05, 0.1) is 30.5 Å². The largest absolute Gasteiger partial charge is 0.493 e. The smallest absolute Gasteiger partial charge is 0.261 e. The molecule has 0 radical (unpaired) electrons. The molecular weight excluding hydrogens is 400 g/mol. The summed E-state index contributed by atoms with van der Waals surface area (Å²) in [6.45, 7) is 4.06. The highest BCUT2D eigenvalue weighted by atomic mass is 32.2. The van der Waals surface area contributed by atoms with Crippen molar-refractivity contribution >= 4 is 39.1 Å². The molecule has 150 valence electrons. The van der Waals surface area contributed by atoms with Crippen molar-refractivity contribution in [2.24, 2.45) is 0 Å². The van der Waals surface area contributed by atoms with E-state index >= 15 is 0 Å². The molecule has 1 aliphatic rings. The van der Waals surface area contributed by atoms with Crippen LogP contribution in [0.3, 0.4) is 0 Å². The van der Waals surface area contributed by atoms with Gasteiger partial charge < -0.3 is 14.4 Å². The molecule has 2 aromatic rings. The Morgan fingerprint density at radius 1 is 1.14 bits per heavy atom. The normalized spacial score (nSPS) is 16.3. The minimum atomic E-state index is -3.85. The summed E-state index contributed by atoms with van der Waals surface area (Å²) >= 11 is 1.63. The summed E-state index contributed by atoms with van der Waals surface area (Å²) in [4.78, 5) is 14.6. The van der Waals surface area contributed by atoms with Crippen LogP contribution in [-0.2, 0) is 14.8 Å². The molecule has 0 spiro atoms. The first-order valence-electron chi connectivity index (χ1n) is 8.59. The van der Waals surface area contributed by atoms with Gasteiger partial charge in [0.25, 0.3) is 10.0 Å². The summed E-state index contributed by atoms with van der Waals surface area (Å²) in [5.74, 6) is 0.805. The zero-order valence-electron chi connectivity index (χ0n) is 16.1. The van der Waals surface area contributed by atoms with Gasteiger partial charge in [0, 0.05) is 29.7 Å². The molecule has 28 heavy (non-hydrogen) atoms. The molecule has 0 fully saturated rings. The van der Waals surface area contributed by atoms with Crippen LogP contribution in [0.25, 0.3) is 0 Å². The van der Waals surface area contributed by atoms with E-state index < -0.39 is 10.0 Å². The first-order valence-corrected chi connectivity index (χ1v) is 10.9. The number of methoxy groups -OCH3 is 2. The van der Waals surface area contributed by atoms with Crippen molar-refractivity contribution in [3.05, 3.63) is 36.4 Å². The molecular formula is C19H22N2O5S2. The van der Waals surface area contributed by atoms with Crippen molar-refractivity contribution in [3.8, 4) is 11.5 Å². The average molecular weight is 423 g/mol. The molecule has 0 bridgehead atoms. The van der Waals surface area contributed by atoms with E-state index in [1.165, 1.54) is 21.1 Å². The molecule has 1 N–H and O–H groups in total. The van der Waals surface area contributed by atoms with Crippen molar-refractivity contribution in [2.75, 3.05) is 30.4 Å². The van der Waals surface area contributed by atoms with Crippen LogP contribution < -0.4 is 19.1 Å². The van der Waals surface area contributed by atoms with Gasteiger partial charge in [-0.25, -0.2) is 8.42 Å². The summed E-state index contributed by atoms with van der Waals surface area (Å²) in [6, 6.07) is 9.60. The number of rotatable bonds is 5. The van der Waals surface area contributed by atoms with Gasteiger partial charge in [-0.3, -0.25) is 9.52 Å². The van der Waals surface area contributed by atoms with E-state index in [-0.39, 0.29) is 16.1 Å². The number of nitrogens with zero attached hydrogens (tertiary/aromatic N) is 1. The Kier molecular flexibility index (Phi) is 5.76. The number of benzene rings is 2. The third-order valence-electron chi connectivity index (χ3n) is 4.32. The molecule has 0 saturated carbocycles. The Morgan fingerprint density at radius 3 is 2.50 bits per heavy atom. The zero-order chi connectivity index (χ0) is 20.5. The number of thioether (sulfide) groups is 1. The lowest BCUT2D eigenvalue weighted by molar-refractivity contribution is -0.116. The maximum Gasteiger partial charge on any atom is 0.261 e. The van der Waals surface area contributed by atoms with Gasteiger partial charge in [-0.1, -0.05) is 6.92 Å². The molecule has 1 heterocycles. The van der Waals surface area contributed by atoms with Gasteiger partial charge in [-0.2, -0.15) is 0 Å². The Labute approximate surface area is 169 Å². The second-order valence-electron chi connectivity index (χ2n) is 6.36. The van der Waals surface area contributed by atoms with Gasteiger partial charge in [-0.15, -0.1) is 11.8 Å². The molecule has 1 atom stereocenters. The molecule has 1 aliphatic heterocycles. The van der Waals surface area contributed by atoms with E-state index in [0.29, 0.717) is 29.4 Å². The highest BCUT2D eigenvalue weighted by Gasteiger charge is 2.27. The number of anilines is 2. The lowest BCUT2D eigenvalue weighted by Gasteiger charge is -2.32. The van der Waals surface area contributed by atoms with E-state index in [0.717, 1.165) is 4.90 Å². The highest BCUT2D eigenvalue weighted by Crippen LogP contribution is 2.40. The summed E-state index contributed by atoms with van der Waals surface area (Å²) < 4.78 is 38.7. The molecule has 7 nitrogen and oxygen atoms in total. The monoisotopic (exact) mass is 422 g/mol. The molecule has 2 aromatic carbocycles. The summed E-state index contributed by atoms with van der Waals surface area (Å²) in [6.07, 6.45) is 0. The third kappa shape index (κ3) is 4.05. The molecule has 0 aromatic heterocycles. The quantitative estimate of drug-likeness (QED) is 0.795. The number of sulfonamides is 1. The van der Waals surface area contributed by atoms with E-state index in [9.17, 15) is 13.2 Å². The van der Waals surface area contributed by atoms with Crippen molar-refractivity contribution in [1.29, 1.82) is 0 Å². The van der Waals surface area contributed by atoms with Crippen molar-refractivity contribution in [2.45, 2.75) is 28.9 Å². The Bertz CT molecular complexity index is 1010. The van der Waals surface area contributed by atoms with Crippen LogP contribution >= 0.6 is 11.8 Å². The predicted molar refractivity (Wildman–Crippen MR) is 110 cm³/mol. The Morgan fingerprint density at radius 2 is 1.86 bits per heavy atom. The zero-order valence-corrected chi connectivity index (χ0v) is 17.7. The lowest BCUT2D eigenvalue weighted by atomic mass is 10.2. The van der Waals surface area contributed by atoms with Gasteiger partial charge in [0.1, 0.15) is 0 Å². The molecule has 0 unspecified atom stereocenters. The minimum absolute atomic E-state index is 0.0856. The van der Waals surface area contributed by atoms with Crippen LogP contribution in [0.5, 0.6) is 11.5 Å². The fraction of sp³-hybridized carbons (Fsp3) is 0.316. The van der Waals surface area contributed by atoms with E-state index in [4.69, 9.17) is 9.47 Å². The van der Waals surface area contributed by atoms with Crippen LogP contribution in [0.2, 0.25) is 0 Å². The van der Waals surface area contributed by atoms with Gasteiger partial charge >= 0.3 is 0 Å². The van der Waals surface area contributed by atoms with Crippen LogP contribution in [-0.4, -0.2) is 40.3 Å². The van der Waals surface area contributed by atoms with Crippen molar-refractivity contribution in [1.82, 2.24) is 0 Å². The standard InChI is InChI=1S/C19H22N2O5S2/c1-12-11-21(13(2)22)16-10-15(6-8-19(16)27-12)28(23,24)20-14-5-7-17(25-3)18(9-14)26-4/h5-10,12,20H,11H2,1-4H3/t12-/m0/s1. The molecule has 0 aliphatic carbocycles. The van der Waals surface area contributed by atoms with E-state index in [1.807, 2.05) is 6.92 Å². The molecule has 0 saturated heterocycles. The van der Waals surface area contributed by atoms with Crippen molar-refractivity contribution < 1.29 is 22.7 Å². The average Bonchev–Trinajstić information content (AvgIpc) is 2.66. The minimum Gasteiger partial charge on any atom is -0.493 e.